The van der Waals surface area contributed by atoms with Gasteiger partial charge in [-0.25, -0.2) is 0 Å². The maximum absolute atomic E-state index is 13.1. The SMILES string of the molecule is Cc1ncc(CN2CCOCC2)c2cc(C(=O)c3ccc4c(c3)OCCO4)oc12.Cl. The van der Waals surface area contributed by atoms with Crippen molar-refractivity contribution in [2.75, 3.05) is 39.5 Å². The summed E-state index contributed by atoms with van der Waals surface area (Å²) in [5.74, 6) is 1.36. The molecule has 3 aromatic rings. The minimum absolute atomic E-state index is 0. The van der Waals surface area contributed by atoms with Crippen molar-refractivity contribution in [2.45, 2.75) is 13.5 Å². The number of furan rings is 1. The molecule has 2 aromatic heterocycles. The lowest BCUT2D eigenvalue weighted by Crippen LogP contribution is -2.35. The number of hydrogen-bond acceptors (Lipinski definition) is 7. The zero-order chi connectivity index (χ0) is 19.8. The smallest absolute Gasteiger partial charge is 0.228 e. The van der Waals surface area contributed by atoms with E-state index in [2.05, 4.69) is 9.88 Å². The molecule has 0 aliphatic carbocycles. The highest BCUT2D eigenvalue weighted by Crippen LogP contribution is 2.33. The van der Waals surface area contributed by atoms with Gasteiger partial charge in [0.05, 0.1) is 18.9 Å². The van der Waals surface area contributed by atoms with Crippen molar-refractivity contribution in [3.63, 3.8) is 0 Å². The molecule has 0 N–H and O–H groups in total. The van der Waals surface area contributed by atoms with E-state index in [-0.39, 0.29) is 18.2 Å². The second-order valence-corrected chi connectivity index (χ2v) is 7.30. The fourth-order valence-electron chi connectivity index (χ4n) is 3.77. The van der Waals surface area contributed by atoms with Gasteiger partial charge < -0.3 is 18.6 Å². The lowest BCUT2D eigenvalue weighted by atomic mass is 10.1. The molecule has 8 heteroatoms. The van der Waals surface area contributed by atoms with Gasteiger partial charge >= 0.3 is 0 Å². The summed E-state index contributed by atoms with van der Waals surface area (Å²) in [7, 11) is 0. The van der Waals surface area contributed by atoms with Crippen LogP contribution in [-0.2, 0) is 11.3 Å². The predicted molar refractivity (Wildman–Crippen MR) is 113 cm³/mol. The number of carbonyl (C=O) groups excluding carboxylic acids is 1. The van der Waals surface area contributed by atoms with Crippen LogP contribution in [0.1, 0.15) is 27.4 Å². The quantitative estimate of drug-likeness (QED) is 0.587. The molecule has 0 spiro atoms. The number of aryl methyl sites for hydroxylation is 1. The third-order valence-corrected chi connectivity index (χ3v) is 5.35. The monoisotopic (exact) mass is 430 g/mol. The summed E-state index contributed by atoms with van der Waals surface area (Å²) in [4.78, 5) is 19.9. The van der Waals surface area contributed by atoms with Crippen LogP contribution in [0.3, 0.4) is 0 Å². The Morgan fingerprint density at radius 1 is 1.07 bits per heavy atom. The van der Waals surface area contributed by atoms with Crippen molar-refractivity contribution in [3.8, 4) is 11.5 Å². The Morgan fingerprint density at radius 2 is 1.83 bits per heavy atom. The van der Waals surface area contributed by atoms with Crippen LogP contribution in [0.5, 0.6) is 11.5 Å². The molecule has 1 aromatic carbocycles. The number of carbonyl (C=O) groups is 1. The van der Waals surface area contributed by atoms with Crippen molar-refractivity contribution in [1.82, 2.24) is 9.88 Å². The third-order valence-electron chi connectivity index (χ3n) is 5.35. The molecule has 158 valence electrons. The molecule has 0 saturated carbocycles. The lowest BCUT2D eigenvalue weighted by Gasteiger charge is -2.26. The van der Waals surface area contributed by atoms with Crippen molar-refractivity contribution >= 4 is 29.2 Å². The summed E-state index contributed by atoms with van der Waals surface area (Å²) >= 11 is 0. The number of pyridine rings is 1. The Kier molecular flexibility index (Phi) is 5.94. The molecule has 0 unspecified atom stereocenters. The van der Waals surface area contributed by atoms with E-state index in [1.165, 1.54) is 0 Å². The highest BCUT2D eigenvalue weighted by atomic mass is 35.5. The number of rotatable bonds is 4. The summed E-state index contributed by atoms with van der Waals surface area (Å²) in [5.41, 5.74) is 3.00. The average Bonchev–Trinajstić information content (AvgIpc) is 3.22. The molecule has 5 rings (SSSR count). The Balaban J connectivity index is 0.00000218. The van der Waals surface area contributed by atoms with Crippen LogP contribution >= 0.6 is 12.4 Å². The topological polar surface area (TPSA) is 74.0 Å². The number of hydrogen-bond donors (Lipinski definition) is 0. The summed E-state index contributed by atoms with van der Waals surface area (Å²) < 4.78 is 22.5. The van der Waals surface area contributed by atoms with Crippen LogP contribution < -0.4 is 9.47 Å². The number of fused-ring (bicyclic) bond motifs is 2. The fraction of sp³-hybridized carbons (Fsp3) is 0.364. The van der Waals surface area contributed by atoms with Gasteiger partial charge in [-0.2, -0.15) is 0 Å². The molecule has 1 fully saturated rings. The van der Waals surface area contributed by atoms with E-state index in [4.69, 9.17) is 18.6 Å². The molecule has 0 atom stereocenters. The van der Waals surface area contributed by atoms with E-state index >= 15 is 0 Å². The second-order valence-electron chi connectivity index (χ2n) is 7.30. The van der Waals surface area contributed by atoms with Gasteiger partial charge in [0.25, 0.3) is 0 Å². The van der Waals surface area contributed by atoms with Gasteiger partial charge in [0.15, 0.2) is 22.8 Å². The molecule has 4 heterocycles. The number of aromatic nitrogens is 1. The standard InChI is InChI=1S/C22H22N2O5.ClH/c1-14-22-17(16(12-23-14)13-24-4-6-26-7-5-24)11-20(29-22)21(25)15-2-3-18-19(10-15)28-9-8-27-18;/h2-3,10-12H,4-9,13H2,1H3;1H. The van der Waals surface area contributed by atoms with E-state index in [0.717, 1.165) is 49.5 Å². The Hall–Kier alpha value is -2.61. The molecular formula is C22H23ClN2O5. The van der Waals surface area contributed by atoms with Crippen LogP contribution in [-0.4, -0.2) is 55.2 Å². The van der Waals surface area contributed by atoms with E-state index in [0.29, 0.717) is 41.6 Å². The summed E-state index contributed by atoms with van der Waals surface area (Å²) in [6, 6.07) is 7.05. The van der Waals surface area contributed by atoms with Crippen LogP contribution in [0.2, 0.25) is 0 Å². The molecule has 0 radical (unpaired) electrons. The molecule has 0 amide bonds. The number of benzene rings is 1. The Morgan fingerprint density at radius 3 is 2.63 bits per heavy atom. The summed E-state index contributed by atoms with van der Waals surface area (Å²) in [6.45, 7) is 6.88. The average molecular weight is 431 g/mol. The maximum atomic E-state index is 13.1. The fourth-order valence-corrected chi connectivity index (χ4v) is 3.77. The highest BCUT2D eigenvalue weighted by molar-refractivity contribution is 6.09. The molecule has 0 bridgehead atoms. The molecular weight excluding hydrogens is 408 g/mol. The molecule has 30 heavy (non-hydrogen) atoms. The van der Waals surface area contributed by atoms with Crippen LogP contribution in [0.25, 0.3) is 11.0 Å². The van der Waals surface area contributed by atoms with Gasteiger partial charge in [-0.05, 0) is 36.8 Å². The minimum atomic E-state index is -0.185. The maximum Gasteiger partial charge on any atom is 0.228 e. The van der Waals surface area contributed by atoms with Crippen molar-refractivity contribution in [1.29, 1.82) is 0 Å². The summed E-state index contributed by atoms with van der Waals surface area (Å²) in [6.07, 6.45) is 1.88. The molecule has 2 aliphatic heterocycles. The molecule has 1 saturated heterocycles. The van der Waals surface area contributed by atoms with E-state index in [1.807, 2.05) is 19.2 Å². The minimum Gasteiger partial charge on any atom is -0.486 e. The first kappa shape index (κ1) is 20.7. The van der Waals surface area contributed by atoms with Gasteiger partial charge in [-0.3, -0.25) is 14.7 Å². The number of halogens is 1. The first-order chi connectivity index (χ1) is 14.2. The predicted octanol–water partition coefficient (Wildman–Crippen LogP) is 3.39. The number of morpholine rings is 1. The van der Waals surface area contributed by atoms with Gasteiger partial charge in [0, 0.05) is 36.8 Å². The highest BCUT2D eigenvalue weighted by Gasteiger charge is 2.21. The lowest BCUT2D eigenvalue weighted by molar-refractivity contribution is 0.0343. The molecule has 2 aliphatic rings. The van der Waals surface area contributed by atoms with Crippen LogP contribution in [0.15, 0.2) is 34.9 Å². The zero-order valence-corrected chi connectivity index (χ0v) is 17.5. The van der Waals surface area contributed by atoms with E-state index < -0.39 is 0 Å². The number of nitrogens with zero attached hydrogens (tertiary/aromatic N) is 2. The van der Waals surface area contributed by atoms with Crippen LogP contribution in [0, 0.1) is 6.92 Å². The van der Waals surface area contributed by atoms with Crippen LogP contribution in [0.4, 0.5) is 0 Å². The van der Waals surface area contributed by atoms with Crippen molar-refractivity contribution in [3.05, 3.63) is 53.0 Å². The van der Waals surface area contributed by atoms with Gasteiger partial charge in [-0.1, -0.05) is 0 Å². The second kappa shape index (κ2) is 8.63. The molecule has 7 nitrogen and oxygen atoms in total. The van der Waals surface area contributed by atoms with Gasteiger partial charge in [0.1, 0.15) is 13.2 Å². The summed E-state index contributed by atoms with van der Waals surface area (Å²) in [5, 5.41) is 0.935. The number of ketones is 1. The number of ether oxygens (including phenoxy) is 3. The van der Waals surface area contributed by atoms with Crippen molar-refractivity contribution < 1.29 is 23.4 Å². The van der Waals surface area contributed by atoms with E-state index in [9.17, 15) is 4.79 Å². The first-order valence-corrected chi connectivity index (χ1v) is 9.81. The van der Waals surface area contributed by atoms with Gasteiger partial charge in [0.2, 0.25) is 5.78 Å². The zero-order valence-electron chi connectivity index (χ0n) is 16.7. The third kappa shape index (κ3) is 3.88. The largest absolute Gasteiger partial charge is 0.486 e. The van der Waals surface area contributed by atoms with Crippen molar-refractivity contribution in [2.24, 2.45) is 0 Å². The Labute approximate surface area is 180 Å². The first-order valence-electron chi connectivity index (χ1n) is 9.81. The van der Waals surface area contributed by atoms with E-state index in [1.54, 1.807) is 18.2 Å². The Bertz CT molecular complexity index is 1070. The van der Waals surface area contributed by atoms with Gasteiger partial charge in [-0.15, -0.1) is 12.4 Å². The normalized spacial score (nSPS) is 16.3.